The predicted octanol–water partition coefficient (Wildman–Crippen LogP) is 4.01. The molecule has 1 aromatic rings. The van der Waals surface area contributed by atoms with Crippen molar-refractivity contribution in [1.29, 1.82) is 0 Å². The highest BCUT2D eigenvalue weighted by molar-refractivity contribution is 7.98. The van der Waals surface area contributed by atoms with E-state index in [1.165, 1.54) is 23.3 Å². The Morgan fingerprint density at radius 3 is 2.52 bits per heavy atom. The zero-order chi connectivity index (χ0) is 15.7. The molecular formula is C18H32N2S. The summed E-state index contributed by atoms with van der Waals surface area (Å²) in [5.41, 5.74) is 2.84. The van der Waals surface area contributed by atoms with Gasteiger partial charge in [0.05, 0.1) is 0 Å². The Hall–Kier alpha value is -0.510. The summed E-state index contributed by atoms with van der Waals surface area (Å²) in [5.74, 6) is 3.04. The zero-order valence-corrected chi connectivity index (χ0v) is 15.2. The number of thioether (sulfide) groups is 1. The molecule has 120 valence electrons. The van der Waals surface area contributed by atoms with Gasteiger partial charge in [0.1, 0.15) is 0 Å². The Labute approximate surface area is 135 Å². The number of hydrogen-bond acceptors (Lipinski definition) is 3. The predicted molar refractivity (Wildman–Crippen MR) is 96.9 cm³/mol. The molecule has 1 N–H and O–H groups in total. The molecule has 0 aromatic heterocycles. The third-order valence-electron chi connectivity index (χ3n) is 3.40. The van der Waals surface area contributed by atoms with Gasteiger partial charge in [-0.3, -0.25) is 0 Å². The molecule has 0 heterocycles. The van der Waals surface area contributed by atoms with E-state index in [0.717, 1.165) is 24.8 Å². The van der Waals surface area contributed by atoms with Gasteiger partial charge in [-0.25, -0.2) is 0 Å². The lowest BCUT2D eigenvalue weighted by atomic mass is 10.0. The maximum Gasteiger partial charge on any atom is 0.0208 e. The third kappa shape index (κ3) is 8.50. The molecule has 0 aliphatic rings. The summed E-state index contributed by atoms with van der Waals surface area (Å²) in [6, 6.07) is 9.56. The molecule has 0 fully saturated rings. The number of rotatable bonds is 10. The molecule has 21 heavy (non-hydrogen) atoms. The number of benzene rings is 1. The van der Waals surface area contributed by atoms with Gasteiger partial charge in [0, 0.05) is 24.9 Å². The lowest BCUT2D eigenvalue weighted by Crippen LogP contribution is -2.38. The fraction of sp³-hybridized carbons (Fsp3) is 0.667. The number of nitrogens with one attached hydrogen (secondary N) is 1. The van der Waals surface area contributed by atoms with Gasteiger partial charge >= 0.3 is 0 Å². The second-order valence-corrected chi connectivity index (χ2v) is 7.70. The van der Waals surface area contributed by atoms with Crippen molar-refractivity contribution < 1.29 is 0 Å². The molecule has 0 spiro atoms. The summed E-state index contributed by atoms with van der Waals surface area (Å²) in [6.45, 7) is 8.88. The van der Waals surface area contributed by atoms with Crippen LogP contribution in [-0.4, -0.2) is 37.3 Å². The number of hydrogen-bond donors (Lipinski definition) is 1. The van der Waals surface area contributed by atoms with Gasteiger partial charge < -0.3 is 10.2 Å². The Morgan fingerprint density at radius 1 is 1.19 bits per heavy atom. The normalized spacial score (nSPS) is 13.1. The van der Waals surface area contributed by atoms with Gasteiger partial charge in [-0.2, -0.15) is 11.8 Å². The molecular weight excluding hydrogens is 276 g/mol. The summed E-state index contributed by atoms with van der Waals surface area (Å²) < 4.78 is 0. The van der Waals surface area contributed by atoms with Gasteiger partial charge in [-0.15, -0.1) is 0 Å². The monoisotopic (exact) mass is 308 g/mol. The lowest BCUT2D eigenvalue weighted by Gasteiger charge is -2.24. The van der Waals surface area contributed by atoms with Gasteiger partial charge in [-0.05, 0) is 43.3 Å². The van der Waals surface area contributed by atoms with Crippen LogP contribution in [0.3, 0.4) is 0 Å². The van der Waals surface area contributed by atoms with Crippen molar-refractivity contribution in [2.24, 2.45) is 5.92 Å². The SMILES string of the molecule is CCSCc1cccc(CN[C@H](CC(C)C)CN(C)C)c1. The van der Waals surface area contributed by atoms with E-state index in [4.69, 9.17) is 0 Å². The number of likely N-dealkylation sites (N-methyl/N-ethyl adjacent to an activating group) is 1. The van der Waals surface area contributed by atoms with Crippen molar-refractivity contribution in [3.8, 4) is 0 Å². The van der Waals surface area contributed by atoms with E-state index in [9.17, 15) is 0 Å². The molecule has 0 aliphatic carbocycles. The molecule has 0 saturated heterocycles. The molecule has 1 aromatic carbocycles. The highest BCUT2D eigenvalue weighted by Crippen LogP contribution is 2.14. The summed E-state index contributed by atoms with van der Waals surface area (Å²) in [4.78, 5) is 2.27. The minimum absolute atomic E-state index is 0.564. The molecule has 2 nitrogen and oxygen atoms in total. The van der Waals surface area contributed by atoms with Crippen LogP contribution in [0.25, 0.3) is 0 Å². The molecule has 1 rings (SSSR count). The highest BCUT2D eigenvalue weighted by atomic mass is 32.2. The van der Waals surface area contributed by atoms with E-state index in [-0.39, 0.29) is 0 Å². The third-order valence-corrected chi connectivity index (χ3v) is 4.35. The van der Waals surface area contributed by atoms with Crippen LogP contribution in [-0.2, 0) is 12.3 Å². The topological polar surface area (TPSA) is 15.3 Å². The summed E-state index contributed by atoms with van der Waals surface area (Å²) in [7, 11) is 4.30. The first-order valence-corrected chi connectivity index (χ1v) is 9.20. The Bertz CT molecular complexity index is 381. The zero-order valence-electron chi connectivity index (χ0n) is 14.4. The Morgan fingerprint density at radius 2 is 1.90 bits per heavy atom. The van der Waals surface area contributed by atoms with Crippen LogP contribution in [0.2, 0.25) is 0 Å². The first kappa shape index (κ1) is 18.5. The fourth-order valence-corrected chi connectivity index (χ4v) is 3.16. The van der Waals surface area contributed by atoms with Crippen molar-refractivity contribution in [2.75, 3.05) is 26.4 Å². The quantitative estimate of drug-likeness (QED) is 0.703. The average Bonchev–Trinajstić information content (AvgIpc) is 2.42. The van der Waals surface area contributed by atoms with Crippen LogP contribution < -0.4 is 5.32 Å². The van der Waals surface area contributed by atoms with E-state index in [2.05, 4.69) is 69.3 Å². The second-order valence-electron chi connectivity index (χ2n) is 6.43. The lowest BCUT2D eigenvalue weighted by molar-refractivity contribution is 0.305. The van der Waals surface area contributed by atoms with Gasteiger partial charge in [0.2, 0.25) is 0 Å². The van der Waals surface area contributed by atoms with E-state index < -0.39 is 0 Å². The number of nitrogens with zero attached hydrogens (tertiary/aromatic N) is 1. The Kier molecular flexibility index (Phi) is 9.05. The van der Waals surface area contributed by atoms with Crippen LogP contribution >= 0.6 is 11.8 Å². The molecule has 0 amide bonds. The van der Waals surface area contributed by atoms with Gasteiger partial charge in [0.15, 0.2) is 0 Å². The largest absolute Gasteiger partial charge is 0.309 e. The summed E-state index contributed by atoms with van der Waals surface area (Å²) in [6.07, 6.45) is 1.23. The van der Waals surface area contributed by atoms with Gasteiger partial charge in [0.25, 0.3) is 0 Å². The van der Waals surface area contributed by atoms with Crippen LogP contribution in [0.15, 0.2) is 24.3 Å². The minimum atomic E-state index is 0.564. The summed E-state index contributed by atoms with van der Waals surface area (Å²) >= 11 is 1.98. The highest BCUT2D eigenvalue weighted by Gasteiger charge is 2.11. The fourth-order valence-electron chi connectivity index (χ4n) is 2.54. The van der Waals surface area contributed by atoms with Crippen molar-refractivity contribution in [1.82, 2.24) is 10.2 Å². The molecule has 0 unspecified atom stereocenters. The first-order chi connectivity index (χ1) is 10.0. The van der Waals surface area contributed by atoms with E-state index in [1.807, 2.05) is 11.8 Å². The minimum Gasteiger partial charge on any atom is -0.309 e. The summed E-state index contributed by atoms with van der Waals surface area (Å²) in [5, 5.41) is 3.73. The molecule has 0 saturated carbocycles. The van der Waals surface area contributed by atoms with Crippen molar-refractivity contribution >= 4 is 11.8 Å². The van der Waals surface area contributed by atoms with Crippen LogP contribution in [0.5, 0.6) is 0 Å². The maximum absolute atomic E-state index is 3.73. The molecule has 3 heteroatoms. The molecule has 1 atom stereocenters. The van der Waals surface area contributed by atoms with Crippen LogP contribution in [0, 0.1) is 5.92 Å². The standard InChI is InChI=1S/C18H32N2S/c1-6-21-14-17-9-7-8-16(11-17)12-19-18(10-15(2)3)13-20(4)5/h7-9,11,15,18-19H,6,10,12-14H2,1-5H3/t18-/m1/s1. The van der Waals surface area contributed by atoms with Crippen LogP contribution in [0.1, 0.15) is 38.3 Å². The van der Waals surface area contributed by atoms with Crippen molar-refractivity contribution in [2.45, 2.75) is 45.5 Å². The Balaban J connectivity index is 2.53. The average molecular weight is 309 g/mol. The maximum atomic E-state index is 3.73. The second kappa shape index (κ2) is 10.3. The molecule has 0 radical (unpaired) electrons. The first-order valence-electron chi connectivity index (χ1n) is 8.05. The smallest absolute Gasteiger partial charge is 0.0208 e. The molecule has 0 aliphatic heterocycles. The van der Waals surface area contributed by atoms with Crippen molar-refractivity contribution in [3.63, 3.8) is 0 Å². The van der Waals surface area contributed by atoms with E-state index in [0.29, 0.717) is 6.04 Å². The van der Waals surface area contributed by atoms with E-state index in [1.54, 1.807) is 0 Å². The van der Waals surface area contributed by atoms with Crippen molar-refractivity contribution in [3.05, 3.63) is 35.4 Å². The van der Waals surface area contributed by atoms with E-state index >= 15 is 0 Å². The van der Waals surface area contributed by atoms with Crippen LogP contribution in [0.4, 0.5) is 0 Å². The van der Waals surface area contributed by atoms with Gasteiger partial charge in [-0.1, -0.05) is 45.0 Å². The molecule has 0 bridgehead atoms.